The van der Waals surface area contributed by atoms with E-state index in [1.54, 1.807) is 18.2 Å². The molecule has 21 heavy (non-hydrogen) atoms. The molecular weight excluding hydrogens is 353 g/mol. The van der Waals surface area contributed by atoms with E-state index in [4.69, 9.17) is 40.5 Å². The fourth-order valence-electron chi connectivity index (χ4n) is 1.42. The van der Waals surface area contributed by atoms with Gasteiger partial charge in [-0.1, -0.05) is 34.8 Å². The third-order valence-electron chi connectivity index (χ3n) is 2.41. The molecule has 2 rings (SSSR count). The fourth-order valence-corrected chi connectivity index (χ4v) is 2.83. The zero-order valence-corrected chi connectivity index (χ0v) is 13.7. The average Bonchev–Trinajstić information content (AvgIpc) is 2.43. The number of rotatable bonds is 4. The largest absolute Gasteiger partial charge is 0.398 e. The smallest absolute Gasteiger partial charge is 0.235 e. The summed E-state index contributed by atoms with van der Waals surface area (Å²) < 4.78 is 0. The maximum Gasteiger partial charge on any atom is 0.235 e. The number of anilines is 2. The van der Waals surface area contributed by atoms with Gasteiger partial charge in [0.05, 0.1) is 26.5 Å². The van der Waals surface area contributed by atoms with Crippen molar-refractivity contribution in [2.45, 2.75) is 4.90 Å². The van der Waals surface area contributed by atoms with E-state index in [-0.39, 0.29) is 22.5 Å². The number of carbonyl (C=O) groups is 1. The highest BCUT2D eigenvalue weighted by Crippen LogP contribution is 2.27. The molecule has 1 heterocycles. The minimum Gasteiger partial charge on any atom is -0.398 e. The van der Waals surface area contributed by atoms with Crippen molar-refractivity contribution in [1.29, 1.82) is 0 Å². The number of hydrogen-bond acceptors (Lipinski definition) is 4. The molecule has 0 atom stereocenters. The molecule has 0 saturated carbocycles. The lowest BCUT2D eigenvalue weighted by molar-refractivity contribution is -0.113. The number of benzene rings is 1. The highest BCUT2D eigenvalue weighted by Gasteiger charge is 2.09. The van der Waals surface area contributed by atoms with E-state index in [0.717, 1.165) is 4.90 Å². The van der Waals surface area contributed by atoms with Crippen molar-refractivity contribution >= 4 is 64.0 Å². The van der Waals surface area contributed by atoms with Crippen LogP contribution >= 0.6 is 46.6 Å². The molecule has 8 heteroatoms. The Balaban J connectivity index is 1.94. The van der Waals surface area contributed by atoms with E-state index >= 15 is 0 Å². The first-order valence-corrected chi connectivity index (χ1v) is 7.86. The van der Waals surface area contributed by atoms with Gasteiger partial charge in [0.2, 0.25) is 5.91 Å². The third kappa shape index (κ3) is 4.68. The maximum absolute atomic E-state index is 11.9. The molecule has 0 unspecified atom stereocenters. The van der Waals surface area contributed by atoms with Crippen LogP contribution in [0.15, 0.2) is 35.4 Å². The van der Waals surface area contributed by atoms with Crippen LogP contribution in [0.25, 0.3) is 0 Å². The van der Waals surface area contributed by atoms with E-state index in [0.29, 0.717) is 15.7 Å². The molecule has 0 saturated heterocycles. The van der Waals surface area contributed by atoms with Gasteiger partial charge in [0.25, 0.3) is 0 Å². The Morgan fingerprint density at radius 1 is 1.24 bits per heavy atom. The molecule has 0 spiro atoms. The van der Waals surface area contributed by atoms with Gasteiger partial charge < -0.3 is 11.1 Å². The molecule has 0 fully saturated rings. The van der Waals surface area contributed by atoms with Gasteiger partial charge in [-0.05, 0) is 24.3 Å². The Morgan fingerprint density at radius 3 is 2.67 bits per heavy atom. The Hall–Kier alpha value is -1.14. The zero-order valence-electron chi connectivity index (χ0n) is 10.6. The van der Waals surface area contributed by atoms with Crippen molar-refractivity contribution < 1.29 is 4.79 Å². The van der Waals surface area contributed by atoms with Crippen molar-refractivity contribution in [3.63, 3.8) is 0 Å². The number of pyridine rings is 1. The van der Waals surface area contributed by atoms with Crippen molar-refractivity contribution in [2.24, 2.45) is 0 Å². The molecule has 3 N–H and O–H groups in total. The summed E-state index contributed by atoms with van der Waals surface area (Å²) in [5.74, 6) is 0.243. The predicted molar refractivity (Wildman–Crippen MR) is 89.5 cm³/mol. The molecule has 0 aliphatic heterocycles. The van der Waals surface area contributed by atoms with Crippen LogP contribution in [-0.4, -0.2) is 16.6 Å². The summed E-state index contributed by atoms with van der Waals surface area (Å²) in [5, 5.41) is 3.77. The number of thioether (sulfide) groups is 1. The Labute approximate surface area is 141 Å². The monoisotopic (exact) mass is 361 g/mol. The van der Waals surface area contributed by atoms with Gasteiger partial charge in [0, 0.05) is 11.1 Å². The second kappa shape index (κ2) is 7.22. The van der Waals surface area contributed by atoms with Crippen LogP contribution in [0.2, 0.25) is 15.1 Å². The van der Waals surface area contributed by atoms with Crippen LogP contribution in [0.1, 0.15) is 0 Å². The van der Waals surface area contributed by atoms with Gasteiger partial charge in [-0.2, -0.15) is 0 Å². The first kappa shape index (κ1) is 16.2. The molecule has 1 amide bonds. The van der Waals surface area contributed by atoms with Gasteiger partial charge in [-0.25, -0.2) is 4.98 Å². The van der Waals surface area contributed by atoms with E-state index in [2.05, 4.69) is 10.3 Å². The summed E-state index contributed by atoms with van der Waals surface area (Å²) in [4.78, 5) is 16.7. The van der Waals surface area contributed by atoms with E-state index < -0.39 is 0 Å². The topological polar surface area (TPSA) is 68.0 Å². The number of carbonyl (C=O) groups excluding carboxylic acids is 1. The third-order valence-corrected chi connectivity index (χ3v) is 4.22. The van der Waals surface area contributed by atoms with Gasteiger partial charge in [0.15, 0.2) is 5.82 Å². The molecule has 1 aromatic heterocycles. The number of halogens is 3. The minimum absolute atomic E-state index is 0.195. The number of nitrogen functional groups attached to an aromatic ring is 1. The van der Waals surface area contributed by atoms with Crippen LogP contribution in [0, 0.1) is 0 Å². The first-order chi connectivity index (χ1) is 9.95. The molecule has 0 aliphatic carbocycles. The molecule has 2 aromatic rings. The van der Waals surface area contributed by atoms with Crippen LogP contribution in [0.4, 0.5) is 11.5 Å². The first-order valence-electron chi connectivity index (χ1n) is 5.74. The molecule has 110 valence electrons. The molecule has 1 aromatic carbocycles. The van der Waals surface area contributed by atoms with Gasteiger partial charge in [-0.3, -0.25) is 4.79 Å². The highest BCUT2D eigenvalue weighted by molar-refractivity contribution is 8.00. The Bertz CT molecular complexity index is 682. The summed E-state index contributed by atoms with van der Waals surface area (Å²) >= 11 is 18.9. The number of nitrogens with one attached hydrogen (secondary N) is 1. The lowest BCUT2D eigenvalue weighted by Crippen LogP contribution is -2.15. The summed E-state index contributed by atoms with van der Waals surface area (Å²) in [7, 11) is 0. The quantitative estimate of drug-likeness (QED) is 0.626. The van der Waals surface area contributed by atoms with Crippen LogP contribution in [-0.2, 0) is 4.79 Å². The lowest BCUT2D eigenvalue weighted by Gasteiger charge is -2.07. The lowest BCUT2D eigenvalue weighted by atomic mass is 10.3. The predicted octanol–water partition coefficient (Wildman–Crippen LogP) is 4.35. The minimum atomic E-state index is -0.232. The zero-order chi connectivity index (χ0) is 15.4. The van der Waals surface area contributed by atoms with Gasteiger partial charge in [-0.15, -0.1) is 11.8 Å². The Morgan fingerprint density at radius 2 is 2.00 bits per heavy atom. The molecule has 0 bridgehead atoms. The SMILES string of the molecule is Nc1ccc(SCC(=O)Nc2ncc(Cl)cc2Cl)cc1Cl. The van der Waals surface area contributed by atoms with Gasteiger partial charge >= 0.3 is 0 Å². The highest BCUT2D eigenvalue weighted by atomic mass is 35.5. The molecule has 0 aliphatic rings. The molecule has 0 radical (unpaired) electrons. The van der Waals surface area contributed by atoms with Crippen LogP contribution in [0.5, 0.6) is 0 Å². The fraction of sp³-hybridized carbons (Fsp3) is 0.0769. The second-order valence-electron chi connectivity index (χ2n) is 4.00. The van der Waals surface area contributed by atoms with Crippen molar-refractivity contribution in [2.75, 3.05) is 16.8 Å². The second-order valence-corrected chi connectivity index (χ2v) is 6.30. The Kier molecular flexibility index (Phi) is 5.58. The number of hydrogen-bond donors (Lipinski definition) is 2. The average molecular weight is 363 g/mol. The van der Waals surface area contributed by atoms with Gasteiger partial charge in [0.1, 0.15) is 0 Å². The number of nitrogens with zero attached hydrogens (tertiary/aromatic N) is 1. The summed E-state index contributed by atoms with van der Waals surface area (Å²) in [5.41, 5.74) is 6.12. The normalized spacial score (nSPS) is 10.4. The van der Waals surface area contributed by atoms with Crippen molar-refractivity contribution in [3.8, 4) is 0 Å². The summed E-state index contributed by atoms with van der Waals surface area (Å²) in [6.07, 6.45) is 1.41. The van der Waals surface area contributed by atoms with Crippen molar-refractivity contribution in [3.05, 3.63) is 45.5 Å². The summed E-state index contributed by atoms with van der Waals surface area (Å²) in [6, 6.07) is 6.72. The van der Waals surface area contributed by atoms with Crippen LogP contribution < -0.4 is 11.1 Å². The van der Waals surface area contributed by atoms with E-state index in [1.165, 1.54) is 24.0 Å². The van der Waals surface area contributed by atoms with Crippen molar-refractivity contribution in [1.82, 2.24) is 4.98 Å². The molecular formula is C13H10Cl3N3OS. The van der Waals surface area contributed by atoms with E-state index in [9.17, 15) is 4.79 Å². The number of aromatic nitrogens is 1. The molecule has 4 nitrogen and oxygen atoms in total. The number of nitrogens with two attached hydrogens (primary N) is 1. The number of amides is 1. The maximum atomic E-state index is 11.9. The summed E-state index contributed by atoms with van der Waals surface area (Å²) in [6.45, 7) is 0. The van der Waals surface area contributed by atoms with E-state index in [1.807, 2.05) is 0 Å². The van der Waals surface area contributed by atoms with Crippen LogP contribution in [0.3, 0.4) is 0 Å². The standard InChI is InChI=1S/C13H10Cl3N3OS/c14-7-3-10(16)13(18-5-7)19-12(20)6-21-8-1-2-11(17)9(15)4-8/h1-5H,6,17H2,(H,18,19,20).